The molecule has 0 aliphatic heterocycles. The smallest absolute Gasteiger partial charge is 0.240 e. The molecule has 4 aromatic rings. The van der Waals surface area contributed by atoms with Crippen molar-refractivity contribution in [2.24, 2.45) is 0 Å². The number of nitrogens with zero attached hydrogens (tertiary/aromatic N) is 3. The summed E-state index contributed by atoms with van der Waals surface area (Å²) < 4.78 is 27.6. The lowest BCUT2D eigenvalue weighted by Gasteiger charge is -2.09. The van der Waals surface area contributed by atoms with Crippen molar-refractivity contribution in [3.05, 3.63) is 79.1 Å². The fourth-order valence-corrected chi connectivity index (χ4v) is 3.94. The van der Waals surface area contributed by atoms with E-state index in [0.29, 0.717) is 18.2 Å². The Morgan fingerprint density at radius 2 is 1.50 bits per heavy atom. The lowest BCUT2D eigenvalue weighted by atomic mass is 10.1. The molecule has 0 atom stereocenters. The van der Waals surface area contributed by atoms with Gasteiger partial charge in [0.15, 0.2) is 5.82 Å². The number of benzene rings is 2. The predicted octanol–water partition coefficient (Wildman–Crippen LogP) is 3.16. The molecular formula is C21H20N6O2S. The Morgan fingerprint density at radius 3 is 2.27 bits per heavy atom. The second kappa shape index (κ2) is 8.85. The molecule has 2 aromatic heterocycles. The van der Waals surface area contributed by atoms with Crippen molar-refractivity contribution in [2.45, 2.75) is 4.90 Å². The SMILES string of the molecule is O=S(=O)(NCCNc1ccc(Nc2ccncc2)nn1)c1ccc2ccccc2c1. The van der Waals surface area contributed by atoms with E-state index < -0.39 is 10.0 Å². The van der Waals surface area contributed by atoms with Gasteiger partial charge < -0.3 is 10.6 Å². The zero-order valence-corrected chi connectivity index (χ0v) is 16.8. The van der Waals surface area contributed by atoms with E-state index in [0.717, 1.165) is 16.5 Å². The van der Waals surface area contributed by atoms with E-state index in [4.69, 9.17) is 0 Å². The predicted molar refractivity (Wildman–Crippen MR) is 117 cm³/mol. The first kappa shape index (κ1) is 19.7. The Kier molecular flexibility index (Phi) is 5.82. The second-order valence-corrected chi connectivity index (χ2v) is 8.27. The maximum Gasteiger partial charge on any atom is 0.240 e. The van der Waals surface area contributed by atoms with E-state index in [1.807, 2.05) is 36.4 Å². The van der Waals surface area contributed by atoms with Crippen LogP contribution < -0.4 is 15.4 Å². The minimum Gasteiger partial charge on any atom is -0.367 e. The number of sulfonamides is 1. The zero-order valence-electron chi connectivity index (χ0n) is 16.0. The van der Waals surface area contributed by atoms with Gasteiger partial charge in [-0.05, 0) is 47.2 Å². The van der Waals surface area contributed by atoms with Gasteiger partial charge in [0, 0.05) is 31.2 Å². The highest BCUT2D eigenvalue weighted by Crippen LogP contribution is 2.18. The molecule has 2 heterocycles. The van der Waals surface area contributed by atoms with Gasteiger partial charge in [-0.25, -0.2) is 13.1 Å². The highest BCUT2D eigenvalue weighted by Gasteiger charge is 2.13. The third-order valence-electron chi connectivity index (χ3n) is 4.37. The summed E-state index contributed by atoms with van der Waals surface area (Å²) in [6, 6.07) is 19.9. The van der Waals surface area contributed by atoms with Crippen molar-refractivity contribution < 1.29 is 8.42 Å². The molecule has 0 saturated heterocycles. The summed E-state index contributed by atoms with van der Waals surface area (Å²) in [7, 11) is -3.59. The summed E-state index contributed by atoms with van der Waals surface area (Å²) in [5.74, 6) is 1.16. The fourth-order valence-electron chi connectivity index (χ4n) is 2.87. The highest BCUT2D eigenvalue weighted by molar-refractivity contribution is 7.89. The zero-order chi connectivity index (χ0) is 20.8. The van der Waals surface area contributed by atoms with Crippen LogP contribution in [0.3, 0.4) is 0 Å². The lowest BCUT2D eigenvalue weighted by Crippen LogP contribution is -2.29. The topological polar surface area (TPSA) is 109 Å². The van der Waals surface area contributed by atoms with Gasteiger partial charge in [0.1, 0.15) is 5.82 Å². The van der Waals surface area contributed by atoms with Crippen molar-refractivity contribution in [3.63, 3.8) is 0 Å². The van der Waals surface area contributed by atoms with Crippen LogP contribution in [0.4, 0.5) is 17.3 Å². The number of fused-ring (bicyclic) bond motifs is 1. The van der Waals surface area contributed by atoms with Crippen LogP contribution in [0.5, 0.6) is 0 Å². The van der Waals surface area contributed by atoms with Crippen molar-refractivity contribution in [3.8, 4) is 0 Å². The molecule has 0 bridgehead atoms. The summed E-state index contributed by atoms with van der Waals surface area (Å²) in [5.41, 5.74) is 0.864. The van der Waals surface area contributed by atoms with E-state index in [-0.39, 0.29) is 11.4 Å². The third kappa shape index (κ3) is 4.88. The van der Waals surface area contributed by atoms with Crippen molar-refractivity contribution >= 4 is 38.1 Å². The number of nitrogens with one attached hydrogen (secondary N) is 3. The van der Waals surface area contributed by atoms with E-state index in [9.17, 15) is 8.42 Å². The summed E-state index contributed by atoms with van der Waals surface area (Å²) >= 11 is 0. The Balaban J connectivity index is 1.29. The van der Waals surface area contributed by atoms with Crippen LogP contribution in [0.1, 0.15) is 0 Å². The molecule has 0 amide bonds. The Bertz CT molecular complexity index is 1230. The first-order chi connectivity index (χ1) is 14.6. The van der Waals surface area contributed by atoms with Gasteiger partial charge in [0.25, 0.3) is 0 Å². The molecule has 3 N–H and O–H groups in total. The highest BCUT2D eigenvalue weighted by atomic mass is 32.2. The number of hydrogen-bond acceptors (Lipinski definition) is 7. The molecular weight excluding hydrogens is 400 g/mol. The lowest BCUT2D eigenvalue weighted by molar-refractivity contribution is 0.583. The van der Waals surface area contributed by atoms with Gasteiger partial charge in [0.2, 0.25) is 10.0 Å². The molecule has 0 saturated carbocycles. The van der Waals surface area contributed by atoms with Gasteiger partial charge in [0.05, 0.1) is 4.90 Å². The van der Waals surface area contributed by atoms with E-state index in [1.165, 1.54) is 0 Å². The molecule has 8 nitrogen and oxygen atoms in total. The van der Waals surface area contributed by atoms with Crippen molar-refractivity contribution in [2.75, 3.05) is 23.7 Å². The monoisotopic (exact) mass is 420 g/mol. The average molecular weight is 420 g/mol. The Hall–Kier alpha value is -3.56. The summed E-state index contributed by atoms with van der Waals surface area (Å²) in [6.07, 6.45) is 3.37. The molecule has 0 spiro atoms. The van der Waals surface area contributed by atoms with Gasteiger partial charge in [-0.2, -0.15) is 0 Å². The van der Waals surface area contributed by atoms with Crippen LogP contribution in [0, 0.1) is 0 Å². The quantitative estimate of drug-likeness (QED) is 0.376. The molecule has 0 aliphatic carbocycles. The van der Waals surface area contributed by atoms with E-state index in [2.05, 4.69) is 30.5 Å². The molecule has 0 unspecified atom stereocenters. The Labute approximate surface area is 174 Å². The molecule has 9 heteroatoms. The van der Waals surface area contributed by atoms with Crippen LogP contribution in [0.25, 0.3) is 10.8 Å². The second-order valence-electron chi connectivity index (χ2n) is 6.50. The molecule has 0 aliphatic rings. The number of anilines is 3. The van der Waals surface area contributed by atoms with Gasteiger partial charge >= 0.3 is 0 Å². The fraction of sp³-hybridized carbons (Fsp3) is 0.0952. The number of pyridine rings is 1. The van der Waals surface area contributed by atoms with Crippen LogP contribution in [0.2, 0.25) is 0 Å². The maximum atomic E-state index is 12.5. The van der Waals surface area contributed by atoms with Crippen LogP contribution >= 0.6 is 0 Å². The van der Waals surface area contributed by atoms with Crippen LogP contribution in [-0.2, 0) is 10.0 Å². The first-order valence-electron chi connectivity index (χ1n) is 9.33. The maximum absolute atomic E-state index is 12.5. The minimum absolute atomic E-state index is 0.216. The number of aromatic nitrogens is 3. The Morgan fingerprint density at radius 1 is 0.767 bits per heavy atom. The van der Waals surface area contributed by atoms with Gasteiger partial charge in [-0.1, -0.05) is 30.3 Å². The van der Waals surface area contributed by atoms with Crippen LogP contribution in [0.15, 0.2) is 84.0 Å². The van der Waals surface area contributed by atoms with Gasteiger partial charge in [-0.3, -0.25) is 4.98 Å². The number of hydrogen-bond donors (Lipinski definition) is 3. The van der Waals surface area contributed by atoms with Crippen molar-refractivity contribution in [1.82, 2.24) is 19.9 Å². The number of rotatable bonds is 8. The molecule has 30 heavy (non-hydrogen) atoms. The molecule has 0 radical (unpaired) electrons. The first-order valence-corrected chi connectivity index (χ1v) is 10.8. The van der Waals surface area contributed by atoms with Gasteiger partial charge in [-0.15, -0.1) is 10.2 Å². The van der Waals surface area contributed by atoms with E-state index in [1.54, 1.807) is 42.7 Å². The largest absolute Gasteiger partial charge is 0.367 e. The van der Waals surface area contributed by atoms with Crippen LogP contribution in [-0.4, -0.2) is 36.7 Å². The molecule has 4 rings (SSSR count). The van der Waals surface area contributed by atoms with Crippen molar-refractivity contribution in [1.29, 1.82) is 0 Å². The standard InChI is InChI=1S/C21H20N6O2S/c28-30(29,19-6-5-16-3-1-2-4-17(16)15-19)24-14-13-23-20-7-8-21(27-26-20)25-18-9-11-22-12-10-18/h1-12,15,24H,13-14H2,(H,23,26)(H,22,25,27). The third-order valence-corrected chi connectivity index (χ3v) is 5.83. The summed E-state index contributed by atoms with van der Waals surface area (Å²) in [4.78, 5) is 4.20. The van der Waals surface area contributed by atoms with E-state index >= 15 is 0 Å². The summed E-state index contributed by atoms with van der Waals surface area (Å²) in [6.45, 7) is 0.590. The average Bonchev–Trinajstić information content (AvgIpc) is 2.78. The molecule has 0 fully saturated rings. The summed E-state index contributed by atoms with van der Waals surface area (Å²) in [5, 5.41) is 16.2. The minimum atomic E-state index is -3.59. The normalized spacial score (nSPS) is 11.3. The molecule has 152 valence electrons. The molecule has 2 aromatic carbocycles.